The summed E-state index contributed by atoms with van der Waals surface area (Å²) >= 11 is 0. The molecule has 3 heteroatoms. The van der Waals surface area contributed by atoms with Crippen molar-refractivity contribution in [3.8, 4) is 67.0 Å². The normalized spacial score (nSPS) is 23.4. The summed E-state index contributed by atoms with van der Waals surface area (Å²) < 4.78 is 5.55. The van der Waals surface area contributed by atoms with Gasteiger partial charge in [-0.3, -0.25) is 0 Å². The van der Waals surface area contributed by atoms with E-state index in [9.17, 15) is 0 Å². The maximum absolute atomic E-state index is 2.79. The van der Waals surface area contributed by atoms with Crippen molar-refractivity contribution >= 4 is 99.0 Å². The van der Waals surface area contributed by atoms with Gasteiger partial charge in [0.2, 0.25) is 0 Å². The van der Waals surface area contributed by atoms with Crippen LogP contribution < -0.4 is 16.4 Å². The van der Waals surface area contributed by atoms with Crippen LogP contribution in [0.4, 0.5) is 0 Å². The van der Waals surface area contributed by atoms with Gasteiger partial charge in [-0.1, -0.05) is 236 Å². The second kappa shape index (κ2) is 21.2. The van der Waals surface area contributed by atoms with E-state index in [-0.39, 0.29) is 17.5 Å². The third-order valence-corrected chi connectivity index (χ3v) is 28.3. The summed E-state index contributed by atoms with van der Waals surface area (Å²) in [7, 11) is 0. The number of fused-ring (bicyclic) bond motifs is 17. The van der Waals surface area contributed by atoms with Crippen LogP contribution in [0, 0.1) is 41.4 Å². The molecule has 8 fully saturated rings. The second-order valence-corrected chi connectivity index (χ2v) is 36.2. The van der Waals surface area contributed by atoms with Crippen LogP contribution in [-0.4, -0.2) is 15.8 Å². The molecule has 8 saturated carbocycles. The van der Waals surface area contributed by atoms with Crippen molar-refractivity contribution in [1.29, 1.82) is 0 Å². The quantitative estimate of drug-likeness (QED) is 0.111. The van der Waals surface area contributed by atoms with E-state index in [4.69, 9.17) is 0 Å². The van der Waals surface area contributed by atoms with E-state index in [0.717, 1.165) is 41.4 Å². The Hall–Kier alpha value is -9.70. The molecule has 0 saturated heterocycles. The Bertz CT molecular complexity index is 6080. The first-order chi connectivity index (χ1) is 50.2. The van der Waals surface area contributed by atoms with Gasteiger partial charge in [-0.2, -0.15) is 0 Å². The van der Waals surface area contributed by atoms with Gasteiger partial charge in [0.1, 0.15) is 0 Å². The van der Waals surface area contributed by atoms with Gasteiger partial charge < -0.3 is 9.13 Å². The van der Waals surface area contributed by atoms with Gasteiger partial charge >= 0.3 is 0 Å². The van der Waals surface area contributed by atoms with E-state index >= 15 is 0 Å². The van der Waals surface area contributed by atoms with E-state index in [0.29, 0.717) is 11.3 Å². The largest absolute Gasteiger partial charge is 0.310 e. The van der Waals surface area contributed by atoms with Crippen molar-refractivity contribution in [3.63, 3.8) is 0 Å². The maximum Gasteiger partial charge on any atom is 0.252 e. The van der Waals surface area contributed by atoms with E-state index in [2.05, 4.69) is 287 Å². The average Bonchev–Trinajstić information content (AvgIpc) is 1.53. The Morgan fingerprint density at radius 3 is 1.47 bits per heavy atom. The van der Waals surface area contributed by atoms with Crippen LogP contribution in [0.2, 0.25) is 0 Å². The summed E-state index contributed by atoms with van der Waals surface area (Å²) in [5.41, 5.74) is 30.6. The SMILES string of the molecule is CC(C)(C)c1ccc2c(c1)c1cc(C(C)(C)C)cc3c1n2-c1cc(-c2c(-c4ccc(C5C6CC7CC(C6)CC5C7)cc4)cccc2-c2ccc(C45CC6CC(CC(C6)C4)C5)cc2)cc2c1B3c1cc(-c3ccccc3-c3ccccc3)cc3c4c5c6ccccc6c6ccccc6c5ccc4n-2c13. The Labute approximate surface area is 605 Å². The number of aromatic nitrogens is 2. The minimum Gasteiger partial charge on any atom is -0.310 e. The standard InChI is InChI=1S/C100H87BN2/c1-98(2,3)71-35-37-87-82(51-71)83-52-72(99(4,5)6)53-86-96(83)102(87)89-49-69(92-75(63-27-29-65(30-28-63)91-67-43-57-39-58(45-67)46-68(91)44-57)25-16-26-76(92)64-31-33-70(34-32-64)100-54-59-40-60(55-100)42-61(41-59)56-100)50-90-95(89)101(86)85-48-66(74-20-11-10-19-73(74)62-17-8-7-9-18-62)47-84-94-88(103(90)97(84)85)38-36-81-79-23-13-12-21-77(79)78-22-14-15-24-80(78)93(81)94/h7-38,47-53,57-61,67-68,91H,39-46,54-56H2,1-6H3. The number of hydrogen-bond donors (Lipinski definition) is 0. The smallest absolute Gasteiger partial charge is 0.252 e. The summed E-state index contributed by atoms with van der Waals surface area (Å²) in [5.74, 6) is 6.91. The van der Waals surface area contributed by atoms with Gasteiger partial charge in [-0.25, -0.2) is 0 Å². The third-order valence-electron chi connectivity index (χ3n) is 28.3. The summed E-state index contributed by atoms with van der Waals surface area (Å²) in [5, 5.41) is 13.1. The van der Waals surface area contributed by atoms with Crippen molar-refractivity contribution in [1.82, 2.24) is 9.13 Å². The predicted molar refractivity (Wildman–Crippen MR) is 437 cm³/mol. The van der Waals surface area contributed by atoms with Gasteiger partial charge in [0, 0.05) is 49.3 Å². The topological polar surface area (TPSA) is 9.86 Å². The van der Waals surface area contributed by atoms with Crippen LogP contribution in [0.5, 0.6) is 0 Å². The van der Waals surface area contributed by atoms with Gasteiger partial charge in [0.15, 0.2) is 0 Å². The first-order valence-electron chi connectivity index (χ1n) is 39.4. The van der Waals surface area contributed by atoms with E-state index in [1.165, 1.54) is 241 Å². The van der Waals surface area contributed by atoms with Crippen molar-refractivity contribution < 1.29 is 0 Å². The molecule has 25 rings (SSSR count). The third kappa shape index (κ3) is 8.57. The minimum absolute atomic E-state index is 0.0488. The predicted octanol–water partition coefficient (Wildman–Crippen LogP) is 24.4. The minimum atomic E-state index is -0.132. The Morgan fingerprint density at radius 2 is 0.835 bits per heavy atom. The molecule has 2 aromatic heterocycles. The van der Waals surface area contributed by atoms with E-state index < -0.39 is 0 Å². The Morgan fingerprint density at radius 1 is 0.340 bits per heavy atom. The lowest BCUT2D eigenvalue weighted by Gasteiger charge is -2.57. The van der Waals surface area contributed by atoms with Crippen LogP contribution in [0.25, 0.3) is 143 Å². The van der Waals surface area contributed by atoms with Crippen molar-refractivity contribution in [2.24, 2.45) is 41.4 Å². The van der Waals surface area contributed by atoms with Crippen LogP contribution in [0.1, 0.15) is 140 Å². The fraction of sp³-hybridized carbons (Fsp3) is 0.280. The summed E-state index contributed by atoms with van der Waals surface area (Å²) in [6, 6.07) is 95.1. The molecular weight excluding hydrogens is 1240 g/mol. The number of hydrogen-bond acceptors (Lipinski definition) is 0. The Balaban J connectivity index is 0.851. The summed E-state index contributed by atoms with van der Waals surface area (Å²) in [6.45, 7) is 14.3. The summed E-state index contributed by atoms with van der Waals surface area (Å²) in [4.78, 5) is 0. The van der Waals surface area contributed by atoms with Gasteiger partial charge in [0.25, 0.3) is 6.71 Å². The summed E-state index contributed by atoms with van der Waals surface area (Å²) in [6.07, 6.45) is 15.7. The van der Waals surface area contributed by atoms with Crippen LogP contribution >= 0.6 is 0 Å². The molecule has 0 amide bonds. The molecule has 4 heterocycles. The molecular formula is C100H87BN2. The fourth-order valence-electron chi connectivity index (χ4n) is 24.5. The molecule has 15 aromatic rings. The lowest BCUT2D eigenvalue weighted by molar-refractivity contribution is -0.00518. The van der Waals surface area contributed by atoms with Gasteiger partial charge in [-0.15, -0.1) is 0 Å². The molecule has 2 aliphatic heterocycles. The molecule has 0 unspecified atom stereocenters. The van der Waals surface area contributed by atoms with E-state index in [1.54, 1.807) is 11.1 Å². The maximum atomic E-state index is 2.79. The highest BCUT2D eigenvalue weighted by atomic mass is 15.0. The molecule has 8 aliphatic carbocycles. The van der Waals surface area contributed by atoms with Crippen LogP contribution in [-0.2, 0) is 16.2 Å². The average molecular weight is 1330 g/mol. The molecule has 13 aromatic carbocycles. The van der Waals surface area contributed by atoms with Crippen LogP contribution in [0.15, 0.2) is 237 Å². The second-order valence-electron chi connectivity index (χ2n) is 36.2. The number of benzene rings is 13. The fourth-order valence-corrected chi connectivity index (χ4v) is 24.5. The molecule has 0 atom stereocenters. The van der Waals surface area contributed by atoms with E-state index in [1.807, 2.05) is 0 Å². The molecule has 10 aliphatic rings. The van der Waals surface area contributed by atoms with Gasteiger partial charge in [0.05, 0.1) is 11.0 Å². The number of rotatable bonds is 7. The number of nitrogens with zero attached hydrogens (tertiary/aromatic N) is 2. The zero-order valence-electron chi connectivity index (χ0n) is 60.4. The first kappa shape index (κ1) is 59.8. The zero-order chi connectivity index (χ0) is 68.3. The highest BCUT2D eigenvalue weighted by molar-refractivity contribution is 7.00. The molecule has 500 valence electrons. The molecule has 0 radical (unpaired) electrons. The van der Waals surface area contributed by atoms with Crippen molar-refractivity contribution in [2.45, 2.75) is 134 Å². The molecule has 8 bridgehead atoms. The zero-order valence-corrected chi connectivity index (χ0v) is 60.4. The lowest BCUT2D eigenvalue weighted by Crippen LogP contribution is -2.59. The highest BCUT2D eigenvalue weighted by Gasteiger charge is 2.52. The van der Waals surface area contributed by atoms with Gasteiger partial charge in [-0.05, 0) is 298 Å². The Kier molecular flexibility index (Phi) is 12.3. The van der Waals surface area contributed by atoms with Crippen LogP contribution in [0.3, 0.4) is 0 Å². The molecule has 2 nitrogen and oxygen atoms in total. The molecule has 103 heavy (non-hydrogen) atoms. The molecule has 0 spiro atoms. The molecule has 0 N–H and O–H groups in total. The first-order valence-corrected chi connectivity index (χ1v) is 39.4. The lowest BCUT2D eigenvalue weighted by atomic mass is 9.34. The monoisotopic (exact) mass is 1330 g/mol. The van der Waals surface area contributed by atoms with Crippen molar-refractivity contribution in [2.75, 3.05) is 0 Å². The highest BCUT2D eigenvalue weighted by Crippen LogP contribution is 2.63. The van der Waals surface area contributed by atoms with Crippen molar-refractivity contribution in [3.05, 3.63) is 259 Å².